The quantitative estimate of drug-likeness (QED) is 0.565. The van der Waals surface area contributed by atoms with Gasteiger partial charge in [-0.2, -0.15) is 0 Å². The number of allylic oxidation sites excluding steroid dienone is 3. The molecule has 0 aromatic rings. The Morgan fingerprint density at radius 2 is 1.93 bits per heavy atom. The molecule has 0 unspecified atom stereocenters. The van der Waals surface area contributed by atoms with Crippen LogP contribution < -0.4 is 5.32 Å². The van der Waals surface area contributed by atoms with Crippen molar-refractivity contribution >= 4 is 0 Å². The Hall–Kier alpha value is -0.960. The molecule has 1 N–H and O–H groups in total. The maximum atomic E-state index is 5.65. The number of hydrogen-bond donors (Lipinski definition) is 1. The summed E-state index contributed by atoms with van der Waals surface area (Å²) in [6, 6.07) is 0. The second-order valence-corrected chi connectivity index (χ2v) is 3.92. The highest BCUT2D eigenvalue weighted by Gasteiger charge is 2.12. The van der Waals surface area contributed by atoms with Gasteiger partial charge in [0.25, 0.3) is 0 Å². The van der Waals surface area contributed by atoms with Crippen LogP contribution in [-0.2, 0) is 4.74 Å². The van der Waals surface area contributed by atoms with E-state index >= 15 is 0 Å². The van der Waals surface area contributed by atoms with Crippen LogP contribution >= 0.6 is 0 Å². The Kier molecular flexibility index (Phi) is 5.26. The standard InChI is InChI=1S/C12H22N2O/c1-4-15-12(6-5-11(2)3)14-9-7-13-8-10-14/h5-6,13H,4,7-10H2,1-3H3/b12-6+. The zero-order valence-corrected chi connectivity index (χ0v) is 10.0. The van der Waals surface area contributed by atoms with E-state index in [2.05, 4.69) is 36.2 Å². The lowest BCUT2D eigenvalue weighted by molar-refractivity contribution is 0.112. The van der Waals surface area contributed by atoms with Crippen molar-refractivity contribution in [3.63, 3.8) is 0 Å². The van der Waals surface area contributed by atoms with Crippen molar-refractivity contribution in [2.75, 3.05) is 32.8 Å². The van der Waals surface area contributed by atoms with Gasteiger partial charge in [0.15, 0.2) is 5.88 Å². The number of ether oxygens (including phenoxy) is 1. The summed E-state index contributed by atoms with van der Waals surface area (Å²) in [7, 11) is 0. The van der Waals surface area contributed by atoms with Gasteiger partial charge in [0, 0.05) is 26.2 Å². The molecule has 0 spiro atoms. The molecule has 0 aliphatic carbocycles. The second-order valence-electron chi connectivity index (χ2n) is 3.92. The van der Waals surface area contributed by atoms with E-state index in [1.807, 2.05) is 6.92 Å². The molecule has 3 nitrogen and oxygen atoms in total. The lowest BCUT2D eigenvalue weighted by atomic mass is 10.3. The van der Waals surface area contributed by atoms with E-state index in [0.29, 0.717) is 0 Å². The first-order chi connectivity index (χ1) is 7.24. The van der Waals surface area contributed by atoms with E-state index < -0.39 is 0 Å². The third-order valence-electron chi connectivity index (χ3n) is 2.28. The van der Waals surface area contributed by atoms with Crippen molar-refractivity contribution in [1.82, 2.24) is 10.2 Å². The van der Waals surface area contributed by atoms with Gasteiger partial charge in [-0.3, -0.25) is 0 Å². The van der Waals surface area contributed by atoms with Crippen LogP contribution in [0.4, 0.5) is 0 Å². The van der Waals surface area contributed by atoms with Crippen LogP contribution in [0.5, 0.6) is 0 Å². The monoisotopic (exact) mass is 210 g/mol. The lowest BCUT2D eigenvalue weighted by Gasteiger charge is -2.30. The maximum absolute atomic E-state index is 5.65. The molecule has 1 saturated heterocycles. The van der Waals surface area contributed by atoms with Crippen LogP contribution in [0.2, 0.25) is 0 Å². The molecule has 0 atom stereocenters. The molecule has 1 fully saturated rings. The topological polar surface area (TPSA) is 24.5 Å². The third-order valence-corrected chi connectivity index (χ3v) is 2.28. The molecular weight excluding hydrogens is 188 g/mol. The van der Waals surface area contributed by atoms with Gasteiger partial charge in [0.2, 0.25) is 0 Å². The summed E-state index contributed by atoms with van der Waals surface area (Å²) in [5.41, 5.74) is 1.29. The van der Waals surface area contributed by atoms with Crippen molar-refractivity contribution in [1.29, 1.82) is 0 Å². The summed E-state index contributed by atoms with van der Waals surface area (Å²) in [6.45, 7) is 11.1. The van der Waals surface area contributed by atoms with Crippen LogP contribution in [0, 0.1) is 0 Å². The lowest BCUT2D eigenvalue weighted by Crippen LogP contribution is -2.43. The van der Waals surface area contributed by atoms with Crippen molar-refractivity contribution < 1.29 is 4.74 Å². The highest BCUT2D eigenvalue weighted by molar-refractivity contribution is 5.12. The third kappa shape index (κ3) is 4.38. The highest BCUT2D eigenvalue weighted by atomic mass is 16.5. The van der Waals surface area contributed by atoms with E-state index in [1.165, 1.54) is 5.57 Å². The van der Waals surface area contributed by atoms with Gasteiger partial charge in [-0.25, -0.2) is 0 Å². The van der Waals surface area contributed by atoms with E-state index in [0.717, 1.165) is 38.7 Å². The summed E-state index contributed by atoms with van der Waals surface area (Å²) >= 11 is 0. The van der Waals surface area contributed by atoms with Gasteiger partial charge in [-0.15, -0.1) is 0 Å². The van der Waals surface area contributed by atoms with Gasteiger partial charge in [0.1, 0.15) is 0 Å². The van der Waals surface area contributed by atoms with Gasteiger partial charge in [-0.1, -0.05) is 11.6 Å². The van der Waals surface area contributed by atoms with Crippen LogP contribution in [0.1, 0.15) is 20.8 Å². The van der Waals surface area contributed by atoms with Gasteiger partial charge in [0.05, 0.1) is 6.61 Å². The predicted molar refractivity (Wildman–Crippen MR) is 63.6 cm³/mol. The first-order valence-corrected chi connectivity index (χ1v) is 5.67. The van der Waals surface area contributed by atoms with E-state index in [1.54, 1.807) is 0 Å². The van der Waals surface area contributed by atoms with E-state index in [-0.39, 0.29) is 0 Å². The Morgan fingerprint density at radius 1 is 1.27 bits per heavy atom. The van der Waals surface area contributed by atoms with Crippen molar-refractivity contribution in [2.24, 2.45) is 0 Å². The summed E-state index contributed by atoms with van der Waals surface area (Å²) < 4.78 is 5.65. The van der Waals surface area contributed by atoms with Crippen LogP contribution in [-0.4, -0.2) is 37.7 Å². The van der Waals surface area contributed by atoms with Gasteiger partial charge < -0.3 is 15.0 Å². The zero-order chi connectivity index (χ0) is 11.1. The molecule has 0 aromatic carbocycles. The zero-order valence-electron chi connectivity index (χ0n) is 10.0. The van der Waals surface area contributed by atoms with Crippen molar-refractivity contribution in [2.45, 2.75) is 20.8 Å². The number of piperazine rings is 1. The molecule has 1 heterocycles. The summed E-state index contributed by atoms with van der Waals surface area (Å²) in [4.78, 5) is 2.29. The Morgan fingerprint density at radius 3 is 2.47 bits per heavy atom. The molecule has 0 amide bonds. The number of nitrogens with one attached hydrogen (secondary N) is 1. The number of hydrogen-bond acceptors (Lipinski definition) is 3. The molecule has 0 radical (unpaired) electrons. The first kappa shape index (κ1) is 12.1. The minimum atomic E-state index is 0.729. The van der Waals surface area contributed by atoms with Gasteiger partial charge in [-0.05, 0) is 26.8 Å². The summed E-state index contributed by atoms with van der Waals surface area (Å²) in [5.74, 6) is 1.00. The second kappa shape index (κ2) is 6.51. The molecule has 1 aliphatic rings. The van der Waals surface area contributed by atoms with E-state index in [9.17, 15) is 0 Å². The fourth-order valence-electron chi connectivity index (χ4n) is 1.52. The average Bonchev–Trinajstić information content (AvgIpc) is 2.25. The Bertz CT molecular complexity index is 236. The fraction of sp³-hybridized carbons (Fsp3) is 0.667. The normalized spacial score (nSPS) is 17.5. The maximum Gasteiger partial charge on any atom is 0.189 e. The molecule has 3 heteroatoms. The smallest absolute Gasteiger partial charge is 0.189 e. The Labute approximate surface area is 92.8 Å². The predicted octanol–water partition coefficient (Wildman–Crippen LogP) is 1.74. The minimum absolute atomic E-state index is 0.729. The first-order valence-electron chi connectivity index (χ1n) is 5.67. The molecule has 0 saturated carbocycles. The molecule has 15 heavy (non-hydrogen) atoms. The molecule has 0 bridgehead atoms. The molecule has 86 valence electrons. The molecule has 1 aliphatic heterocycles. The Balaban J connectivity index is 2.62. The summed E-state index contributed by atoms with van der Waals surface area (Å²) in [6.07, 6.45) is 4.18. The number of rotatable bonds is 4. The van der Waals surface area contributed by atoms with Crippen molar-refractivity contribution in [3.05, 3.63) is 23.6 Å². The molecule has 0 aromatic heterocycles. The van der Waals surface area contributed by atoms with Crippen molar-refractivity contribution in [3.8, 4) is 0 Å². The summed E-state index contributed by atoms with van der Waals surface area (Å²) in [5, 5.41) is 3.34. The van der Waals surface area contributed by atoms with Crippen LogP contribution in [0.15, 0.2) is 23.6 Å². The van der Waals surface area contributed by atoms with E-state index in [4.69, 9.17) is 4.74 Å². The van der Waals surface area contributed by atoms with Crippen LogP contribution in [0.25, 0.3) is 0 Å². The van der Waals surface area contributed by atoms with Gasteiger partial charge >= 0.3 is 0 Å². The minimum Gasteiger partial charge on any atom is -0.479 e. The molecular formula is C12H22N2O. The highest BCUT2D eigenvalue weighted by Crippen LogP contribution is 2.08. The molecule has 1 rings (SSSR count). The SMILES string of the molecule is CCO/C(=C/C=C(C)C)N1CCNCC1. The largest absolute Gasteiger partial charge is 0.479 e. The fourth-order valence-corrected chi connectivity index (χ4v) is 1.52. The number of nitrogens with zero attached hydrogens (tertiary/aromatic N) is 1. The van der Waals surface area contributed by atoms with Crippen LogP contribution in [0.3, 0.4) is 0 Å². The average molecular weight is 210 g/mol.